The predicted molar refractivity (Wildman–Crippen MR) is 253 cm³/mol. The third-order valence-corrected chi connectivity index (χ3v) is 13.0. The molecule has 0 atom stereocenters. The summed E-state index contributed by atoms with van der Waals surface area (Å²) in [5.74, 6) is 0. The zero-order valence-corrected chi connectivity index (χ0v) is 33.7. The van der Waals surface area contributed by atoms with E-state index in [9.17, 15) is 0 Å². The molecule has 1 aromatic heterocycles. The molecule has 10 aromatic carbocycles. The summed E-state index contributed by atoms with van der Waals surface area (Å²) in [6.45, 7) is 0. The van der Waals surface area contributed by atoms with Crippen LogP contribution in [0.2, 0.25) is 0 Å². The van der Waals surface area contributed by atoms with Gasteiger partial charge in [0.05, 0.1) is 11.0 Å². The lowest BCUT2D eigenvalue weighted by atomic mass is 9.93. The van der Waals surface area contributed by atoms with Gasteiger partial charge in [0.15, 0.2) is 0 Å². The van der Waals surface area contributed by atoms with E-state index in [1.54, 1.807) is 0 Å². The summed E-state index contributed by atoms with van der Waals surface area (Å²) < 4.78 is 3.53. The van der Waals surface area contributed by atoms with E-state index < -0.39 is 0 Å². The summed E-state index contributed by atoms with van der Waals surface area (Å²) in [7, 11) is 0. The quantitative estimate of drug-likeness (QED) is 0.156. The van der Waals surface area contributed by atoms with Crippen LogP contribution in [0.3, 0.4) is 0 Å². The summed E-state index contributed by atoms with van der Waals surface area (Å²) in [5, 5.41) is 8.13. The van der Waals surface area contributed by atoms with Gasteiger partial charge in [0.2, 0.25) is 0 Å². The molecule has 1 heterocycles. The van der Waals surface area contributed by atoms with E-state index >= 15 is 0 Å². The fraction of sp³-hybridized carbons (Fsp3) is 0.0175. The topological polar surface area (TPSA) is 4.93 Å². The maximum Gasteiger partial charge on any atom is 0.0547 e. The molecule has 0 saturated carbocycles. The summed E-state index contributed by atoms with van der Waals surface area (Å²) in [4.78, 5) is 0. The number of nitrogens with zero attached hydrogens (tertiary/aromatic N) is 1. The molecule has 59 heavy (non-hydrogen) atoms. The number of rotatable bonds is 1. The number of hydrogen-bond acceptors (Lipinski definition) is 0. The van der Waals surface area contributed by atoms with E-state index in [0.29, 0.717) is 0 Å². The van der Waals surface area contributed by atoms with Crippen molar-refractivity contribution in [3.8, 4) is 61.3 Å². The highest BCUT2D eigenvalue weighted by Crippen LogP contribution is 2.55. The van der Waals surface area contributed by atoms with Crippen LogP contribution in [0.5, 0.6) is 0 Å². The second-order valence-corrected chi connectivity index (χ2v) is 16.6. The van der Waals surface area contributed by atoms with Crippen molar-refractivity contribution in [1.29, 1.82) is 0 Å². The number of aromatic nitrogens is 1. The lowest BCUT2D eigenvalue weighted by Crippen LogP contribution is -1.93. The minimum absolute atomic E-state index is 1.06. The van der Waals surface area contributed by atoms with E-state index in [-0.39, 0.29) is 0 Å². The maximum atomic E-state index is 3.31. The molecule has 0 spiro atoms. The van der Waals surface area contributed by atoms with Gasteiger partial charge in [-0.25, -0.2) is 0 Å². The number of para-hydroxylation sites is 2. The monoisotopic (exact) mass is 813 g/mol. The Hall–Kier alpha value is -7.00. The molecule has 0 radical (unpaired) electrons. The standard InChI is InChI=1S/C28H17N.C23H14.C6H5Br/c1-2-10-19(11-3-1)29-24-15-5-4-12-22(24)28-25(29)17-16-21-20-13-6-8-18-9-7-14-23(26(18)20)27(21)28;1-2-8-17-15(5-1)13-16-11-12-19-18-9-3-6-14-7-4-10-20(21(14)18)23(19)22(16)17;7-6-4-2-1-3-5-6/h1-17H;1-12H,13H2;1-5H. The summed E-state index contributed by atoms with van der Waals surface area (Å²) in [6.07, 6.45) is 1.06. The summed E-state index contributed by atoms with van der Waals surface area (Å²) >= 11 is 3.31. The molecule has 0 bridgehead atoms. The molecular weight excluding hydrogens is 779 g/mol. The fourth-order valence-electron chi connectivity index (χ4n) is 10.1. The zero-order chi connectivity index (χ0) is 39.0. The van der Waals surface area contributed by atoms with Crippen LogP contribution >= 0.6 is 15.9 Å². The van der Waals surface area contributed by atoms with Crippen molar-refractivity contribution in [2.45, 2.75) is 6.42 Å². The van der Waals surface area contributed by atoms with E-state index in [0.717, 1.165) is 10.9 Å². The second-order valence-electron chi connectivity index (χ2n) is 15.6. The van der Waals surface area contributed by atoms with Gasteiger partial charge in [-0.1, -0.05) is 186 Å². The highest BCUT2D eigenvalue weighted by molar-refractivity contribution is 9.10. The Morgan fingerprint density at radius 1 is 0.322 bits per heavy atom. The van der Waals surface area contributed by atoms with E-state index in [1.807, 2.05) is 30.3 Å². The molecule has 14 rings (SSSR count). The Kier molecular flexibility index (Phi) is 7.83. The fourth-order valence-corrected chi connectivity index (χ4v) is 10.4. The third kappa shape index (κ3) is 5.23. The Bertz CT molecular complexity index is 3460. The molecule has 1 nitrogen and oxygen atoms in total. The number of halogens is 1. The number of benzene rings is 10. The Labute approximate surface area is 351 Å². The van der Waals surface area contributed by atoms with Gasteiger partial charge in [-0.15, -0.1) is 0 Å². The lowest BCUT2D eigenvalue weighted by molar-refractivity contribution is 1.18. The summed E-state index contributed by atoms with van der Waals surface area (Å²) in [6, 6.07) is 74.3. The van der Waals surface area contributed by atoms with Crippen molar-refractivity contribution in [2.75, 3.05) is 0 Å². The highest BCUT2D eigenvalue weighted by Gasteiger charge is 2.30. The summed E-state index contributed by atoms with van der Waals surface area (Å²) in [5.41, 5.74) is 20.6. The maximum absolute atomic E-state index is 3.31. The molecule has 0 aliphatic heterocycles. The molecule has 2 heteroatoms. The van der Waals surface area contributed by atoms with Gasteiger partial charge in [0.1, 0.15) is 0 Å². The minimum atomic E-state index is 1.06. The van der Waals surface area contributed by atoms with Gasteiger partial charge in [0, 0.05) is 26.5 Å². The molecule has 0 unspecified atom stereocenters. The van der Waals surface area contributed by atoms with Gasteiger partial charge < -0.3 is 4.57 Å². The normalized spacial score (nSPS) is 12.1. The van der Waals surface area contributed by atoms with Crippen molar-refractivity contribution in [3.05, 3.63) is 222 Å². The molecule has 0 N–H and O–H groups in total. The Morgan fingerprint density at radius 3 is 1.54 bits per heavy atom. The van der Waals surface area contributed by atoms with Crippen LogP contribution in [0.25, 0.3) is 105 Å². The smallest absolute Gasteiger partial charge is 0.0547 e. The van der Waals surface area contributed by atoms with Gasteiger partial charge in [-0.05, 0) is 126 Å². The van der Waals surface area contributed by atoms with Crippen molar-refractivity contribution in [2.24, 2.45) is 0 Å². The first-order valence-electron chi connectivity index (χ1n) is 20.3. The van der Waals surface area contributed by atoms with Gasteiger partial charge in [-0.3, -0.25) is 0 Å². The molecule has 0 fully saturated rings. The molecule has 0 amide bonds. The van der Waals surface area contributed by atoms with Crippen LogP contribution in [-0.4, -0.2) is 4.57 Å². The zero-order valence-electron chi connectivity index (χ0n) is 32.2. The lowest BCUT2D eigenvalue weighted by Gasteiger charge is -2.10. The van der Waals surface area contributed by atoms with E-state index in [2.05, 4.69) is 196 Å². The third-order valence-electron chi connectivity index (χ3n) is 12.5. The molecule has 3 aliphatic carbocycles. The first kappa shape index (κ1) is 34.1. The average Bonchev–Trinajstić information content (AvgIpc) is 4.03. The van der Waals surface area contributed by atoms with Crippen LogP contribution < -0.4 is 0 Å². The Balaban J connectivity index is 0.000000112. The van der Waals surface area contributed by atoms with Crippen LogP contribution in [0, 0.1) is 0 Å². The first-order chi connectivity index (χ1) is 29.2. The van der Waals surface area contributed by atoms with Crippen LogP contribution in [-0.2, 0) is 6.42 Å². The van der Waals surface area contributed by atoms with Gasteiger partial charge in [0.25, 0.3) is 0 Å². The Morgan fingerprint density at radius 2 is 0.864 bits per heavy atom. The van der Waals surface area contributed by atoms with E-state index in [1.165, 1.54) is 116 Å². The van der Waals surface area contributed by atoms with Crippen LogP contribution in [0.4, 0.5) is 0 Å². The molecule has 11 aromatic rings. The largest absolute Gasteiger partial charge is 0.309 e. The first-order valence-corrected chi connectivity index (χ1v) is 21.1. The van der Waals surface area contributed by atoms with Crippen LogP contribution in [0.15, 0.2) is 211 Å². The molecule has 276 valence electrons. The highest BCUT2D eigenvalue weighted by atomic mass is 79.9. The number of fused-ring (bicyclic) bond motifs is 14. The average molecular weight is 815 g/mol. The molecular formula is C57H36BrN. The van der Waals surface area contributed by atoms with Crippen LogP contribution in [0.1, 0.15) is 11.1 Å². The SMILES string of the molecule is Brc1ccccc1.c1ccc(-n2c3ccccc3c3c4c(ccc32)-c2cccc3cccc-4c23)cc1.c1ccc2c(c1)Cc1ccc3c(c1-2)-c1cccc2cccc-3c12. The predicted octanol–water partition coefficient (Wildman–Crippen LogP) is 16.1. The van der Waals surface area contributed by atoms with Gasteiger partial charge in [-0.2, -0.15) is 0 Å². The van der Waals surface area contributed by atoms with Crippen molar-refractivity contribution in [3.63, 3.8) is 0 Å². The molecule has 3 aliphatic rings. The molecule has 0 saturated heterocycles. The van der Waals surface area contributed by atoms with Crippen molar-refractivity contribution >= 4 is 59.3 Å². The van der Waals surface area contributed by atoms with Crippen molar-refractivity contribution in [1.82, 2.24) is 4.57 Å². The second kappa shape index (κ2) is 13.6. The number of hydrogen-bond donors (Lipinski definition) is 0. The van der Waals surface area contributed by atoms with E-state index in [4.69, 9.17) is 0 Å². The van der Waals surface area contributed by atoms with Gasteiger partial charge >= 0.3 is 0 Å². The van der Waals surface area contributed by atoms with Crippen molar-refractivity contribution < 1.29 is 0 Å². The minimum Gasteiger partial charge on any atom is -0.309 e.